The van der Waals surface area contributed by atoms with Gasteiger partial charge in [-0.05, 0) is 20.5 Å². The molecule has 1 unspecified atom stereocenters. The van der Waals surface area contributed by atoms with Crippen LogP contribution in [0.25, 0.3) is 0 Å². The molecule has 0 spiro atoms. The molecule has 1 atom stereocenters. The van der Waals surface area contributed by atoms with Crippen molar-refractivity contribution >= 4 is 0 Å². The van der Waals surface area contributed by atoms with Gasteiger partial charge in [0.2, 0.25) is 0 Å². The Morgan fingerprint density at radius 1 is 1.57 bits per heavy atom. The molecule has 1 N–H and O–H groups in total. The molecule has 0 radical (unpaired) electrons. The van der Waals surface area contributed by atoms with Crippen LogP contribution in [0.15, 0.2) is 12.2 Å². The highest BCUT2D eigenvalue weighted by Gasteiger charge is 2.13. The minimum atomic E-state index is 0.427. The molecular formula is C11H24N2O. The van der Waals surface area contributed by atoms with Crippen molar-refractivity contribution in [3.8, 4) is 0 Å². The normalized spacial score (nSPS) is 13.2. The summed E-state index contributed by atoms with van der Waals surface area (Å²) in [6.07, 6.45) is 0. The van der Waals surface area contributed by atoms with Crippen LogP contribution in [0.5, 0.6) is 0 Å². The number of ether oxygens (including phenoxy) is 1. The Morgan fingerprint density at radius 3 is 2.64 bits per heavy atom. The summed E-state index contributed by atoms with van der Waals surface area (Å²) in [7, 11) is 3.85. The monoisotopic (exact) mass is 200 g/mol. The quantitative estimate of drug-likeness (QED) is 0.594. The van der Waals surface area contributed by atoms with E-state index in [1.54, 1.807) is 7.11 Å². The van der Waals surface area contributed by atoms with Gasteiger partial charge in [0.05, 0.1) is 6.61 Å². The van der Waals surface area contributed by atoms with Crippen LogP contribution in [-0.2, 0) is 4.74 Å². The highest BCUT2D eigenvalue weighted by molar-refractivity contribution is 4.92. The topological polar surface area (TPSA) is 24.5 Å². The van der Waals surface area contributed by atoms with Crippen LogP contribution in [0.3, 0.4) is 0 Å². The Bertz CT molecular complexity index is 159. The number of nitrogens with one attached hydrogen (secondary N) is 1. The van der Waals surface area contributed by atoms with Crippen molar-refractivity contribution in [1.29, 1.82) is 0 Å². The molecule has 0 rings (SSSR count). The molecule has 0 aliphatic carbocycles. The SMILES string of the molecule is C=C(C)CN(C)C(CNCC)COC. The van der Waals surface area contributed by atoms with Crippen LogP contribution in [0.1, 0.15) is 13.8 Å². The first-order valence-electron chi connectivity index (χ1n) is 5.16. The summed E-state index contributed by atoms with van der Waals surface area (Å²) in [6.45, 7) is 11.7. The molecule has 3 heteroatoms. The predicted octanol–water partition coefficient (Wildman–Crippen LogP) is 1.12. The molecule has 0 aromatic heterocycles. The van der Waals surface area contributed by atoms with Gasteiger partial charge in [0, 0.05) is 26.2 Å². The van der Waals surface area contributed by atoms with E-state index in [1.165, 1.54) is 5.57 Å². The van der Waals surface area contributed by atoms with E-state index >= 15 is 0 Å². The number of likely N-dealkylation sites (N-methyl/N-ethyl adjacent to an activating group) is 2. The van der Waals surface area contributed by atoms with Gasteiger partial charge in [-0.15, -0.1) is 0 Å². The Kier molecular flexibility index (Phi) is 7.76. The summed E-state index contributed by atoms with van der Waals surface area (Å²) >= 11 is 0. The fourth-order valence-corrected chi connectivity index (χ4v) is 1.40. The third-order valence-electron chi connectivity index (χ3n) is 2.13. The van der Waals surface area contributed by atoms with Gasteiger partial charge in [-0.25, -0.2) is 0 Å². The van der Waals surface area contributed by atoms with Crippen LogP contribution in [0, 0.1) is 0 Å². The summed E-state index contributed by atoms with van der Waals surface area (Å²) in [5.41, 5.74) is 1.19. The zero-order valence-corrected chi connectivity index (χ0v) is 9.97. The Hall–Kier alpha value is -0.380. The largest absolute Gasteiger partial charge is 0.383 e. The van der Waals surface area contributed by atoms with Gasteiger partial charge in [-0.1, -0.05) is 19.1 Å². The molecule has 14 heavy (non-hydrogen) atoms. The van der Waals surface area contributed by atoms with E-state index in [9.17, 15) is 0 Å². The van der Waals surface area contributed by atoms with E-state index in [1.807, 2.05) is 6.92 Å². The molecule has 0 amide bonds. The lowest BCUT2D eigenvalue weighted by Gasteiger charge is -2.27. The second-order valence-electron chi connectivity index (χ2n) is 3.79. The van der Waals surface area contributed by atoms with Crippen molar-refractivity contribution in [2.24, 2.45) is 0 Å². The molecule has 84 valence electrons. The van der Waals surface area contributed by atoms with Crippen molar-refractivity contribution < 1.29 is 4.74 Å². The van der Waals surface area contributed by atoms with Crippen LogP contribution < -0.4 is 5.32 Å². The fraction of sp³-hybridized carbons (Fsp3) is 0.818. The van der Waals surface area contributed by atoms with Crippen molar-refractivity contribution in [3.05, 3.63) is 12.2 Å². The highest BCUT2D eigenvalue weighted by Crippen LogP contribution is 2.00. The predicted molar refractivity (Wildman–Crippen MR) is 61.7 cm³/mol. The average Bonchev–Trinajstić information content (AvgIpc) is 2.10. The van der Waals surface area contributed by atoms with Gasteiger partial charge in [0.1, 0.15) is 0 Å². The number of methoxy groups -OCH3 is 1. The van der Waals surface area contributed by atoms with Gasteiger partial charge in [-0.2, -0.15) is 0 Å². The third-order valence-corrected chi connectivity index (χ3v) is 2.13. The second kappa shape index (κ2) is 7.97. The lowest BCUT2D eigenvalue weighted by Crippen LogP contribution is -2.43. The van der Waals surface area contributed by atoms with Gasteiger partial charge in [-0.3, -0.25) is 4.90 Å². The summed E-state index contributed by atoms with van der Waals surface area (Å²) in [6, 6.07) is 0.427. The number of hydrogen-bond acceptors (Lipinski definition) is 3. The smallest absolute Gasteiger partial charge is 0.0630 e. The maximum Gasteiger partial charge on any atom is 0.0630 e. The number of nitrogens with zero attached hydrogens (tertiary/aromatic N) is 1. The molecule has 0 aromatic carbocycles. The summed E-state index contributed by atoms with van der Waals surface area (Å²) in [5.74, 6) is 0. The Morgan fingerprint density at radius 2 is 2.21 bits per heavy atom. The molecule has 0 saturated heterocycles. The van der Waals surface area contributed by atoms with Crippen molar-refractivity contribution in [2.75, 3.05) is 40.4 Å². The van der Waals surface area contributed by atoms with Crippen molar-refractivity contribution in [1.82, 2.24) is 10.2 Å². The van der Waals surface area contributed by atoms with Crippen molar-refractivity contribution in [3.63, 3.8) is 0 Å². The van der Waals surface area contributed by atoms with Gasteiger partial charge >= 0.3 is 0 Å². The maximum absolute atomic E-state index is 5.19. The lowest BCUT2D eigenvalue weighted by atomic mass is 10.2. The first-order valence-corrected chi connectivity index (χ1v) is 5.16. The minimum absolute atomic E-state index is 0.427. The first kappa shape index (κ1) is 13.6. The Labute approximate surface area is 88.1 Å². The van der Waals surface area contributed by atoms with Crippen LogP contribution >= 0.6 is 0 Å². The molecule has 0 aliphatic rings. The van der Waals surface area contributed by atoms with E-state index in [4.69, 9.17) is 4.74 Å². The second-order valence-corrected chi connectivity index (χ2v) is 3.79. The third kappa shape index (κ3) is 6.13. The molecule has 3 nitrogen and oxygen atoms in total. The van der Waals surface area contributed by atoms with E-state index in [0.29, 0.717) is 6.04 Å². The molecular weight excluding hydrogens is 176 g/mol. The zero-order chi connectivity index (χ0) is 11.0. The van der Waals surface area contributed by atoms with Crippen LogP contribution in [0.4, 0.5) is 0 Å². The highest BCUT2D eigenvalue weighted by atomic mass is 16.5. The number of rotatable bonds is 8. The van der Waals surface area contributed by atoms with Crippen molar-refractivity contribution in [2.45, 2.75) is 19.9 Å². The van der Waals surface area contributed by atoms with Crippen LogP contribution in [-0.4, -0.2) is 51.3 Å². The number of hydrogen-bond donors (Lipinski definition) is 1. The van der Waals surface area contributed by atoms with E-state index in [-0.39, 0.29) is 0 Å². The maximum atomic E-state index is 5.19. The minimum Gasteiger partial charge on any atom is -0.383 e. The molecule has 0 heterocycles. The molecule has 0 aliphatic heterocycles. The van der Waals surface area contributed by atoms with Gasteiger partial charge in [0.25, 0.3) is 0 Å². The molecule has 0 bridgehead atoms. The molecule has 0 aromatic rings. The molecule has 0 saturated carbocycles. The van der Waals surface area contributed by atoms with Crippen LogP contribution in [0.2, 0.25) is 0 Å². The fourth-order valence-electron chi connectivity index (χ4n) is 1.40. The standard InChI is InChI=1S/C11H24N2O/c1-6-12-7-11(9-14-5)13(4)8-10(2)3/h11-12H,2,6-9H2,1,3-5H3. The summed E-state index contributed by atoms with van der Waals surface area (Å²) in [5, 5.41) is 3.34. The summed E-state index contributed by atoms with van der Waals surface area (Å²) < 4.78 is 5.19. The molecule has 0 fully saturated rings. The van der Waals surface area contributed by atoms with Gasteiger partial charge < -0.3 is 10.1 Å². The first-order chi connectivity index (χ1) is 6.61. The lowest BCUT2D eigenvalue weighted by molar-refractivity contribution is 0.111. The summed E-state index contributed by atoms with van der Waals surface area (Å²) in [4.78, 5) is 2.27. The average molecular weight is 200 g/mol. The van der Waals surface area contributed by atoms with E-state index in [2.05, 4.69) is 30.8 Å². The van der Waals surface area contributed by atoms with E-state index < -0.39 is 0 Å². The zero-order valence-electron chi connectivity index (χ0n) is 9.97. The Balaban J connectivity index is 3.96. The van der Waals surface area contributed by atoms with Gasteiger partial charge in [0.15, 0.2) is 0 Å². The van der Waals surface area contributed by atoms with E-state index in [0.717, 1.165) is 26.2 Å².